The predicted molar refractivity (Wildman–Crippen MR) is 94.5 cm³/mol. The number of carbonyl (C=O) groups excluding carboxylic acids is 1. The van der Waals surface area contributed by atoms with E-state index in [1.165, 1.54) is 5.56 Å². The molecule has 2 aromatic rings. The molecule has 0 aliphatic carbocycles. The van der Waals surface area contributed by atoms with E-state index >= 15 is 0 Å². The molecule has 0 spiro atoms. The van der Waals surface area contributed by atoms with Gasteiger partial charge < -0.3 is 9.47 Å². The summed E-state index contributed by atoms with van der Waals surface area (Å²) in [6.07, 6.45) is 3.91. The van der Waals surface area contributed by atoms with Gasteiger partial charge >= 0.3 is 0 Å². The lowest BCUT2D eigenvalue weighted by Crippen LogP contribution is -2.49. The number of nitrogens with zero attached hydrogens (tertiary/aromatic N) is 4. The van der Waals surface area contributed by atoms with E-state index in [0.717, 1.165) is 32.0 Å². The number of piperazine rings is 1. The summed E-state index contributed by atoms with van der Waals surface area (Å²) in [5.74, 6) is 1.24. The molecular formula is C19H26N4O. The van der Waals surface area contributed by atoms with Gasteiger partial charge in [-0.3, -0.25) is 9.69 Å². The van der Waals surface area contributed by atoms with E-state index in [2.05, 4.69) is 40.4 Å². The molecule has 1 aliphatic rings. The van der Waals surface area contributed by atoms with Gasteiger partial charge in [0.15, 0.2) is 0 Å². The SMILES string of the molecule is CC(=O)N1CCN(Cc2nccn2C(C)C)C[C@H]1c1ccccc1. The minimum Gasteiger partial charge on any atom is -0.333 e. The Labute approximate surface area is 143 Å². The van der Waals surface area contributed by atoms with Crippen molar-refractivity contribution in [2.45, 2.75) is 39.4 Å². The highest BCUT2D eigenvalue weighted by atomic mass is 16.2. The van der Waals surface area contributed by atoms with Gasteiger partial charge in [0.2, 0.25) is 5.91 Å². The first-order valence-corrected chi connectivity index (χ1v) is 8.62. The van der Waals surface area contributed by atoms with Crippen molar-refractivity contribution in [2.24, 2.45) is 0 Å². The molecule has 128 valence electrons. The zero-order chi connectivity index (χ0) is 17.1. The Morgan fingerprint density at radius 1 is 1.25 bits per heavy atom. The van der Waals surface area contributed by atoms with Crippen LogP contribution in [-0.2, 0) is 11.3 Å². The monoisotopic (exact) mass is 326 g/mol. The third kappa shape index (κ3) is 3.51. The molecule has 1 saturated heterocycles. The standard InChI is InChI=1S/C19H26N4O/c1-15(2)22-10-9-20-19(22)14-21-11-12-23(16(3)24)18(13-21)17-7-5-4-6-8-17/h4-10,15,18H,11-14H2,1-3H3/t18-/m0/s1. The van der Waals surface area contributed by atoms with E-state index in [1.54, 1.807) is 6.92 Å². The molecule has 1 amide bonds. The number of rotatable bonds is 4. The number of aromatic nitrogens is 2. The molecule has 1 fully saturated rings. The molecule has 0 N–H and O–H groups in total. The fraction of sp³-hybridized carbons (Fsp3) is 0.474. The fourth-order valence-electron chi connectivity index (χ4n) is 3.46. The second-order valence-corrected chi connectivity index (χ2v) is 6.72. The van der Waals surface area contributed by atoms with Crippen molar-refractivity contribution in [1.82, 2.24) is 19.4 Å². The molecule has 1 aromatic heterocycles. The molecule has 1 aromatic carbocycles. The van der Waals surface area contributed by atoms with Crippen LogP contribution < -0.4 is 0 Å². The summed E-state index contributed by atoms with van der Waals surface area (Å²) in [7, 11) is 0. The number of hydrogen-bond donors (Lipinski definition) is 0. The summed E-state index contributed by atoms with van der Waals surface area (Å²) in [6, 6.07) is 10.8. The summed E-state index contributed by atoms with van der Waals surface area (Å²) >= 11 is 0. The average molecular weight is 326 g/mol. The number of carbonyl (C=O) groups is 1. The van der Waals surface area contributed by atoms with Crippen molar-refractivity contribution in [3.8, 4) is 0 Å². The van der Waals surface area contributed by atoms with E-state index in [-0.39, 0.29) is 11.9 Å². The molecule has 5 heteroatoms. The summed E-state index contributed by atoms with van der Waals surface area (Å²) < 4.78 is 2.22. The number of imidazole rings is 1. The lowest BCUT2D eigenvalue weighted by atomic mass is 10.0. The summed E-state index contributed by atoms with van der Waals surface area (Å²) in [6.45, 7) is 9.31. The number of hydrogen-bond acceptors (Lipinski definition) is 3. The fourth-order valence-corrected chi connectivity index (χ4v) is 3.46. The van der Waals surface area contributed by atoms with Crippen LogP contribution in [0.2, 0.25) is 0 Å². The first-order chi connectivity index (χ1) is 11.6. The Morgan fingerprint density at radius 3 is 2.67 bits per heavy atom. The molecule has 0 unspecified atom stereocenters. The van der Waals surface area contributed by atoms with Crippen LogP contribution in [0.3, 0.4) is 0 Å². The van der Waals surface area contributed by atoms with Crippen molar-refractivity contribution in [3.63, 3.8) is 0 Å². The Bertz CT molecular complexity index is 680. The van der Waals surface area contributed by atoms with Gasteiger partial charge in [0, 0.05) is 45.0 Å². The molecule has 3 rings (SSSR count). The van der Waals surface area contributed by atoms with Crippen LogP contribution in [0.4, 0.5) is 0 Å². The predicted octanol–water partition coefficient (Wildman–Crippen LogP) is 2.87. The molecule has 1 aliphatic heterocycles. The van der Waals surface area contributed by atoms with E-state index in [9.17, 15) is 4.79 Å². The quantitative estimate of drug-likeness (QED) is 0.867. The molecule has 1 atom stereocenters. The molecule has 24 heavy (non-hydrogen) atoms. The maximum absolute atomic E-state index is 12.0. The normalized spacial score (nSPS) is 19.0. The summed E-state index contributed by atoms with van der Waals surface area (Å²) in [4.78, 5) is 21.0. The minimum atomic E-state index is 0.111. The Hall–Kier alpha value is -2.14. The molecule has 2 heterocycles. The van der Waals surface area contributed by atoms with Crippen molar-refractivity contribution >= 4 is 5.91 Å². The van der Waals surface area contributed by atoms with Crippen LogP contribution in [0, 0.1) is 0 Å². The van der Waals surface area contributed by atoms with Gasteiger partial charge in [-0.15, -0.1) is 0 Å². The van der Waals surface area contributed by atoms with Crippen LogP contribution in [0.15, 0.2) is 42.7 Å². The highest BCUT2D eigenvalue weighted by Crippen LogP contribution is 2.26. The van der Waals surface area contributed by atoms with Crippen molar-refractivity contribution in [1.29, 1.82) is 0 Å². The van der Waals surface area contributed by atoms with Crippen molar-refractivity contribution < 1.29 is 4.79 Å². The third-order valence-corrected chi connectivity index (χ3v) is 4.72. The molecule has 0 saturated carbocycles. The van der Waals surface area contributed by atoms with Crippen molar-refractivity contribution in [2.75, 3.05) is 19.6 Å². The van der Waals surface area contributed by atoms with E-state index < -0.39 is 0 Å². The molecule has 5 nitrogen and oxygen atoms in total. The van der Waals surface area contributed by atoms with Crippen LogP contribution in [0.25, 0.3) is 0 Å². The van der Waals surface area contributed by atoms with Crippen molar-refractivity contribution in [3.05, 3.63) is 54.1 Å². The van der Waals surface area contributed by atoms with Gasteiger partial charge in [-0.1, -0.05) is 30.3 Å². The van der Waals surface area contributed by atoms with Gasteiger partial charge in [0.25, 0.3) is 0 Å². The Morgan fingerprint density at radius 2 is 2.00 bits per heavy atom. The third-order valence-electron chi connectivity index (χ3n) is 4.72. The van der Waals surface area contributed by atoms with Gasteiger partial charge in [0.1, 0.15) is 5.82 Å². The molecule has 0 radical (unpaired) electrons. The topological polar surface area (TPSA) is 41.4 Å². The van der Waals surface area contributed by atoms with Gasteiger partial charge in [-0.05, 0) is 19.4 Å². The van der Waals surface area contributed by atoms with E-state index in [1.807, 2.05) is 35.5 Å². The van der Waals surface area contributed by atoms with Gasteiger partial charge in [-0.25, -0.2) is 4.98 Å². The molecule has 0 bridgehead atoms. The Kier molecular flexibility index (Phi) is 5.00. The summed E-state index contributed by atoms with van der Waals surface area (Å²) in [5, 5.41) is 0. The van der Waals surface area contributed by atoms with Gasteiger partial charge in [0.05, 0.1) is 12.6 Å². The number of amides is 1. The largest absolute Gasteiger partial charge is 0.333 e. The number of benzene rings is 1. The zero-order valence-electron chi connectivity index (χ0n) is 14.7. The highest BCUT2D eigenvalue weighted by Gasteiger charge is 2.30. The van der Waals surface area contributed by atoms with Crippen LogP contribution in [0.5, 0.6) is 0 Å². The maximum Gasteiger partial charge on any atom is 0.220 e. The lowest BCUT2D eigenvalue weighted by Gasteiger charge is -2.41. The first kappa shape index (κ1) is 16.7. The second-order valence-electron chi connectivity index (χ2n) is 6.72. The van der Waals surface area contributed by atoms with Crippen LogP contribution in [-0.4, -0.2) is 44.9 Å². The smallest absolute Gasteiger partial charge is 0.220 e. The van der Waals surface area contributed by atoms with Gasteiger partial charge in [-0.2, -0.15) is 0 Å². The van der Waals surface area contributed by atoms with E-state index in [4.69, 9.17) is 0 Å². The van der Waals surface area contributed by atoms with Crippen LogP contribution in [0.1, 0.15) is 44.2 Å². The first-order valence-electron chi connectivity index (χ1n) is 8.62. The highest BCUT2D eigenvalue weighted by molar-refractivity contribution is 5.74. The summed E-state index contributed by atoms with van der Waals surface area (Å²) in [5.41, 5.74) is 1.20. The Balaban J connectivity index is 1.78. The van der Waals surface area contributed by atoms with E-state index in [0.29, 0.717) is 6.04 Å². The minimum absolute atomic E-state index is 0.111. The lowest BCUT2D eigenvalue weighted by molar-refractivity contribution is -0.134. The second kappa shape index (κ2) is 7.18. The molecular weight excluding hydrogens is 300 g/mol. The zero-order valence-corrected chi connectivity index (χ0v) is 14.7. The maximum atomic E-state index is 12.0. The van der Waals surface area contributed by atoms with Crippen LogP contribution >= 0.6 is 0 Å². The average Bonchev–Trinajstić information content (AvgIpc) is 3.04.